The molecule has 0 fully saturated rings. The molecule has 0 spiro atoms. The van der Waals surface area contributed by atoms with E-state index in [9.17, 15) is 9.59 Å². The first-order valence-electron chi connectivity index (χ1n) is 11.6. The number of carbonyl (C=O) groups is 2. The van der Waals surface area contributed by atoms with E-state index in [1.165, 1.54) is 0 Å². The van der Waals surface area contributed by atoms with Gasteiger partial charge in [0, 0.05) is 30.5 Å². The lowest BCUT2D eigenvalue weighted by Gasteiger charge is -2.32. The summed E-state index contributed by atoms with van der Waals surface area (Å²) >= 11 is 18.7. The van der Waals surface area contributed by atoms with E-state index in [0.29, 0.717) is 27.9 Å². The molecule has 0 aliphatic carbocycles. The van der Waals surface area contributed by atoms with Gasteiger partial charge in [-0.2, -0.15) is 0 Å². The van der Waals surface area contributed by atoms with E-state index in [2.05, 4.69) is 5.32 Å². The Balaban J connectivity index is 1.93. The number of hydrogen-bond acceptors (Lipinski definition) is 2. The van der Waals surface area contributed by atoms with Gasteiger partial charge < -0.3 is 10.2 Å². The third kappa shape index (κ3) is 7.99. The highest BCUT2D eigenvalue weighted by molar-refractivity contribution is 6.42. The Labute approximate surface area is 222 Å². The van der Waals surface area contributed by atoms with Gasteiger partial charge in [-0.1, -0.05) is 89.4 Å². The van der Waals surface area contributed by atoms with Gasteiger partial charge in [-0.25, -0.2) is 0 Å². The van der Waals surface area contributed by atoms with Crippen molar-refractivity contribution in [3.05, 3.63) is 105 Å². The van der Waals surface area contributed by atoms with Crippen molar-refractivity contribution in [1.29, 1.82) is 0 Å². The summed E-state index contributed by atoms with van der Waals surface area (Å²) in [4.78, 5) is 28.7. The third-order valence-electron chi connectivity index (χ3n) is 5.60. The maximum Gasteiger partial charge on any atom is 0.243 e. The minimum absolute atomic E-state index is 0.0640. The molecular weight excluding hydrogens is 503 g/mol. The fraction of sp³-hybridized carbons (Fsp3) is 0.286. The number of halogens is 3. The normalized spacial score (nSPS) is 11.8. The molecule has 0 saturated heterocycles. The van der Waals surface area contributed by atoms with Crippen molar-refractivity contribution in [2.24, 2.45) is 0 Å². The molecule has 2 amide bonds. The fourth-order valence-corrected chi connectivity index (χ4v) is 4.41. The van der Waals surface area contributed by atoms with Crippen LogP contribution in [0.4, 0.5) is 0 Å². The summed E-state index contributed by atoms with van der Waals surface area (Å²) in [6.07, 6.45) is 1.07. The number of rotatable bonds is 10. The van der Waals surface area contributed by atoms with Gasteiger partial charge in [0.2, 0.25) is 11.8 Å². The van der Waals surface area contributed by atoms with Crippen LogP contribution >= 0.6 is 34.8 Å². The van der Waals surface area contributed by atoms with Crippen molar-refractivity contribution in [3.63, 3.8) is 0 Å². The molecule has 4 nitrogen and oxygen atoms in total. The Morgan fingerprint density at radius 3 is 2.17 bits per heavy atom. The van der Waals surface area contributed by atoms with E-state index in [4.69, 9.17) is 34.8 Å². The summed E-state index contributed by atoms with van der Waals surface area (Å²) in [5, 5.41) is 4.44. The molecule has 7 heteroatoms. The molecule has 184 valence electrons. The number of aryl methyl sites for hydroxylation is 1. The van der Waals surface area contributed by atoms with Crippen LogP contribution in [0.2, 0.25) is 15.1 Å². The fourth-order valence-electron chi connectivity index (χ4n) is 3.86. The largest absolute Gasteiger partial charge is 0.352 e. The highest BCUT2D eigenvalue weighted by Crippen LogP contribution is 2.25. The summed E-state index contributed by atoms with van der Waals surface area (Å²) < 4.78 is 0. The van der Waals surface area contributed by atoms with Crippen LogP contribution in [0.5, 0.6) is 0 Å². The van der Waals surface area contributed by atoms with Crippen LogP contribution in [-0.2, 0) is 29.0 Å². The molecule has 0 aromatic heterocycles. The quantitative estimate of drug-likeness (QED) is 0.315. The number of amides is 2. The first-order valence-corrected chi connectivity index (χ1v) is 12.7. The number of nitrogens with zero attached hydrogens (tertiary/aromatic N) is 1. The molecule has 0 aliphatic rings. The zero-order valence-electron chi connectivity index (χ0n) is 19.8. The van der Waals surface area contributed by atoms with Crippen LogP contribution in [0.15, 0.2) is 72.8 Å². The summed E-state index contributed by atoms with van der Waals surface area (Å²) in [6.45, 7) is 4.03. The average molecular weight is 532 g/mol. The average Bonchev–Trinajstić information content (AvgIpc) is 2.83. The van der Waals surface area contributed by atoms with Gasteiger partial charge in [0.25, 0.3) is 0 Å². The van der Waals surface area contributed by atoms with E-state index < -0.39 is 6.04 Å². The van der Waals surface area contributed by atoms with Crippen LogP contribution in [0.1, 0.15) is 37.0 Å². The highest BCUT2D eigenvalue weighted by atomic mass is 35.5. The topological polar surface area (TPSA) is 49.4 Å². The van der Waals surface area contributed by atoms with Crippen LogP contribution in [0, 0.1) is 0 Å². The lowest BCUT2D eigenvalue weighted by atomic mass is 10.0. The van der Waals surface area contributed by atoms with Gasteiger partial charge in [-0.05, 0) is 55.2 Å². The van der Waals surface area contributed by atoms with Gasteiger partial charge in [-0.3, -0.25) is 9.59 Å². The van der Waals surface area contributed by atoms with Crippen LogP contribution in [0.25, 0.3) is 0 Å². The molecule has 3 aromatic rings. The van der Waals surface area contributed by atoms with E-state index in [-0.39, 0.29) is 30.8 Å². The van der Waals surface area contributed by atoms with Gasteiger partial charge in [0.1, 0.15) is 6.04 Å². The summed E-state index contributed by atoms with van der Waals surface area (Å²) in [7, 11) is 0. The molecule has 3 aromatic carbocycles. The second-order valence-corrected chi connectivity index (χ2v) is 9.95. The van der Waals surface area contributed by atoms with Crippen molar-refractivity contribution in [2.45, 2.75) is 51.7 Å². The summed E-state index contributed by atoms with van der Waals surface area (Å²) in [5.74, 6) is -0.342. The molecule has 35 heavy (non-hydrogen) atoms. The number of nitrogens with one attached hydrogen (secondary N) is 1. The van der Waals surface area contributed by atoms with Gasteiger partial charge in [0.15, 0.2) is 0 Å². The Morgan fingerprint density at radius 1 is 0.829 bits per heavy atom. The predicted molar refractivity (Wildman–Crippen MR) is 144 cm³/mol. The van der Waals surface area contributed by atoms with E-state index in [1.807, 2.05) is 74.5 Å². The highest BCUT2D eigenvalue weighted by Gasteiger charge is 2.30. The summed E-state index contributed by atoms with van der Waals surface area (Å²) in [5.41, 5.74) is 2.65. The molecule has 0 aliphatic heterocycles. The second kappa shape index (κ2) is 13.0. The molecule has 1 N–H and O–H groups in total. The van der Waals surface area contributed by atoms with E-state index in [1.54, 1.807) is 17.0 Å². The molecule has 1 unspecified atom stereocenters. The predicted octanol–water partition coefficient (Wildman–Crippen LogP) is 6.74. The zero-order chi connectivity index (χ0) is 25.4. The molecule has 0 saturated carbocycles. The van der Waals surface area contributed by atoms with Gasteiger partial charge in [-0.15, -0.1) is 0 Å². The van der Waals surface area contributed by atoms with E-state index in [0.717, 1.165) is 16.7 Å². The Kier molecular flexibility index (Phi) is 10.0. The Morgan fingerprint density at radius 2 is 1.51 bits per heavy atom. The maximum absolute atomic E-state index is 13.6. The van der Waals surface area contributed by atoms with E-state index >= 15 is 0 Å². The minimum atomic E-state index is -0.701. The number of benzene rings is 3. The van der Waals surface area contributed by atoms with Crippen molar-refractivity contribution in [2.75, 3.05) is 0 Å². The van der Waals surface area contributed by atoms with Crippen molar-refractivity contribution >= 4 is 46.6 Å². The van der Waals surface area contributed by atoms with Crippen molar-refractivity contribution in [3.8, 4) is 0 Å². The molecule has 0 bridgehead atoms. The smallest absolute Gasteiger partial charge is 0.243 e. The zero-order valence-corrected chi connectivity index (χ0v) is 22.1. The SMILES string of the molecule is CC(C)NC(=O)C(Cc1ccccc1)N(Cc1ccc(Cl)c(Cl)c1)C(=O)CCc1ccccc1Cl. The monoisotopic (exact) mass is 530 g/mol. The standard InChI is InChI=1S/C28H29Cl3N2O2/c1-19(2)32-28(35)26(17-20-8-4-3-5-9-20)33(18-21-12-14-24(30)25(31)16-21)27(34)15-13-22-10-6-7-11-23(22)29/h3-12,14,16,19,26H,13,15,17-18H2,1-2H3,(H,32,35). The van der Waals surface area contributed by atoms with Gasteiger partial charge >= 0.3 is 0 Å². The van der Waals surface area contributed by atoms with Crippen LogP contribution < -0.4 is 5.32 Å². The first-order chi connectivity index (χ1) is 16.7. The van der Waals surface area contributed by atoms with Crippen molar-refractivity contribution < 1.29 is 9.59 Å². The van der Waals surface area contributed by atoms with Crippen LogP contribution in [0.3, 0.4) is 0 Å². The number of carbonyl (C=O) groups excluding carboxylic acids is 2. The Hall–Kier alpha value is -2.53. The lowest BCUT2D eigenvalue weighted by Crippen LogP contribution is -2.51. The lowest BCUT2D eigenvalue weighted by molar-refractivity contribution is -0.141. The number of hydrogen-bond donors (Lipinski definition) is 1. The Bertz CT molecular complexity index is 1150. The molecule has 3 rings (SSSR count). The minimum Gasteiger partial charge on any atom is -0.352 e. The molecular formula is C28H29Cl3N2O2. The van der Waals surface area contributed by atoms with Crippen molar-refractivity contribution in [1.82, 2.24) is 10.2 Å². The first kappa shape index (κ1) is 27.1. The molecule has 1 atom stereocenters. The summed E-state index contributed by atoms with van der Waals surface area (Å²) in [6, 6.07) is 21.7. The maximum atomic E-state index is 13.6. The molecule has 0 radical (unpaired) electrons. The second-order valence-electron chi connectivity index (χ2n) is 8.73. The van der Waals surface area contributed by atoms with Gasteiger partial charge in [0.05, 0.1) is 10.0 Å². The van der Waals surface area contributed by atoms with Crippen LogP contribution in [-0.4, -0.2) is 28.8 Å². The molecule has 0 heterocycles. The third-order valence-corrected chi connectivity index (χ3v) is 6.71.